The maximum Gasteiger partial charge on any atom is 0.159 e. The number of hydrogen-bond acceptors (Lipinski definition) is 5. The van der Waals surface area contributed by atoms with E-state index in [4.69, 9.17) is 11.6 Å². The fourth-order valence-corrected chi connectivity index (χ4v) is 3.30. The standard InChI is InChI=1S/C19H17ClFN5O/c1-2-25(27)11-18-24-23-17-10-22-19(13-5-3-4-6-15(13)21)14-9-12(20)7-8-16(14)26(17)18/h3-9,27H,2,10-11H2,1H3. The van der Waals surface area contributed by atoms with Crippen molar-refractivity contribution in [2.45, 2.75) is 20.0 Å². The van der Waals surface area contributed by atoms with Crippen molar-refractivity contribution < 1.29 is 9.60 Å². The molecule has 6 nitrogen and oxygen atoms in total. The fourth-order valence-electron chi connectivity index (χ4n) is 3.12. The Morgan fingerprint density at radius 3 is 2.78 bits per heavy atom. The molecule has 0 saturated carbocycles. The minimum absolute atomic E-state index is 0.209. The Hall–Kier alpha value is -2.61. The van der Waals surface area contributed by atoms with E-state index in [1.165, 1.54) is 6.07 Å². The molecule has 138 valence electrons. The third kappa shape index (κ3) is 3.25. The third-order valence-corrected chi connectivity index (χ3v) is 4.68. The van der Waals surface area contributed by atoms with Gasteiger partial charge < -0.3 is 5.21 Å². The van der Waals surface area contributed by atoms with E-state index in [1.54, 1.807) is 30.3 Å². The number of aliphatic imine (C=N–C) groups is 1. The number of rotatable bonds is 4. The average Bonchev–Trinajstić information content (AvgIpc) is 2.98. The summed E-state index contributed by atoms with van der Waals surface area (Å²) in [6.45, 7) is 2.74. The molecule has 0 aliphatic carbocycles. The fraction of sp³-hybridized carbons (Fsp3) is 0.211. The van der Waals surface area contributed by atoms with Gasteiger partial charge in [-0.2, -0.15) is 5.06 Å². The molecule has 2 aromatic carbocycles. The molecule has 0 atom stereocenters. The zero-order chi connectivity index (χ0) is 19.0. The number of nitrogens with zero attached hydrogens (tertiary/aromatic N) is 5. The summed E-state index contributed by atoms with van der Waals surface area (Å²) in [6, 6.07) is 11.9. The summed E-state index contributed by atoms with van der Waals surface area (Å²) < 4.78 is 16.3. The van der Waals surface area contributed by atoms with Crippen molar-refractivity contribution in [3.63, 3.8) is 0 Å². The summed E-state index contributed by atoms with van der Waals surface area (Å²) in [5.74, 6) is 0.833. The molecule has 1 aliphatic heterocycles. The van der Waals surface area contributed by atoms with Crippen LogP contribution in [0.25, 0.3) is 5.69 Å². The molecule has 0 unspecified atom stereocenters. The number of halogens is 2. The van der Waals surface area contributed by atoms with Gasteiger partial charge in [-0.05, 0) is 30.3 Å². The molecule has 1 aromatic heterocycles. The summed E-state index contributed by atoms with van der Waals surface area (Å²) in [4.78, 5) is 4.61. The Morgan fingerprint density at radius 1 is 1.19 bits per heavy atom. The molecule has 27 heavy (non-hydrogen) atoms. The van der Waals surface area contributed by atoms with E-state index in [9.17, 15) is 9.60 Å². The smallest absolute Gasteiger partial charge is 0.159 e. The van der Waals surface area contributed by atoms with Crippen LogP contribution in [0.1, 0.15) is 29.7 Å². The second-order valence-corrected chi connectivity index (χ2v) is 6.59. The predicted octanol–water partition coefficient (Wildman–Crippen LogP) is 3.62. The van der Waals surface area contributed by atoms with Crippen LogP contribution in [0, 0.1) is 5.82 Å². The first-order valence-electron chi connectivity index (χ1n) is 8.55. The summed E-state index contributed by atoms with van der Waals surface area (Å²) in [5.41, 5.74) is 2.35. The third-order valence-electron chi connectivity index (χ3n) is 4.45. The molecule has 3 aromatic rings. The van der Waals surface area contributed by atoms with Crippen LogP contribution in [0.3, 0.4) is 0 Å². The Balaban J connectivity index is 1.92. The maximum atomic E-state index is 14.5. The van der Waals surface area contributed by atoms with Crippen LogP contribution in [-0.2, 0) is 13.1 Å². The van der Waals surface area contributed by atoms with Crippen molar-refractivity contribution in [3.05, 3.63) is 76.1 Å². The highest BCUT2D eigenvalue weighted by Gasteiger charge is 2.24. The number of aromatic nitrogens is 3. The van der Waals surface area contributed by atoms with Gasteiger partial charge in [-0.1, -0.05) is 30.7 Å². The lowest BCUT2D eigenvalue weighted by Crippen LogP contribution is -2.21. The van der Waals surface area contributed by atoms with Crippen molar-refractivity contribution in [2.75, 3.05) is 6.54 Å². The van der Waals surface area contributed by atoms with Crippen molar-refractivity contribution in [3.8, 4) is 5.69 Å². The SMILES string of the molecule is CCN(O)Cc1nnc2n1-c1ccc(Cl)cc1C(c1ccccc1F)=NC2. The van der Waals surface area contributed by atoms with Crippen LogP contribution < -0.4 is 0 Å². The largest absolute Gasteiger partial charge is 0.314 e. The second kappa shape index (κ2) is 7.19. The van der Waals surface area contributed by atoms with Gasteiger partial charge in [0.1, 0.15) is 12.4 Å². The van der Waals surface area contributed by atoms with E-state index in [0.717, 1.165) is 10.8 Å². The first-order valence-corrected chi connectivity index (χ1v) is 8.93. The van der Waals surface area contributed by atoms with Gasteiger partial charge in [-0.25, -0.2) is 4.39 Å². The van der Waals surface area contributed by atoms with Crippen molar-refractivity contribution in [1.29, 1.82) is 0 Å². The van der Waals surface area contributed by atoms with Gasteiger partial charge in [0.15, 0.2) is 11.6 Å². The summed E-state index contributed by atoms with van der Waals surface area (Å²) >= 11 is 6.23. The molecule has 1 N–H and O–H groups in total. The maximum absolute atomic E-state index is 14.5. The number of benzene rings is 2. The topological polar surface area (TPSA) is 66.5 Å². The highest BCUT2D eigenvalue weighted by molar-refractivity contribution is 6.31. The minimum Gasteiger partial charge on any atom is -0.314 e. The lowest BCUT2D eigenvalue weighted by Gasteiger charge is -2.16. The van der Waals surface area contributed by atoms with Crippen molar-refractivity contribution in [1.82, 2.24) is 19.8 Å². The zero-order valence-corrected chi connectivity index (χ0v) is 15.4. The van der Waals surface area contributed by atoms with Crippen LogP contribution in [0.2, 0.25) is 5.02 Å². The van der Waals surface area contributed by atoms with E-state index >= 15 is 0 Å². The number of fused-ring (bicyclic) bond motifs is 3. The monoisotopic (exact) mass is 385 g/mol. The summed E-state index contributed by atoms with van der Waals surface area (Å²) in [7, 11) is 0. The normalized spacial score (nSPS) is 13.1. The van der Waals surface area contributed by atoms with Gasteiger partial charge in [0.05, 0.1) is 17.9 Å². The van der Waals surface area contributed by atoms with Crippen LogP contribution in [0.15, 0.2) is 47.5 Å². The van der Waals surface area contributed by atoms with E-state index in [2.05, 4.69) is 15.2 Å². The Kier molecular flexibility index (Phi) is 4.73. The molecule has 1 aliphatic rings. The van der Waals surface area contributed by atoms with Gasteiger partial charge in [0.2, 0.25) is 0 Å². The van der Waals surface area contributed by atoms with E-state index in [0.29, 0.717) is 40.1 Å². The van der Waals surface area contributed by atoms with Crippen LogP contribution in [0.5, 0.6) is 0 Å². The lowest BCUT2D eigenvalue weighted by molar-refractivity contribution is -0.0967. The van der Waals surface area contributed by atoms with Gasteiger partial charge in [-0.15, -0.1) is 10.2 Å². The highest BCUT2D eigenvalue weighted by atomic mass is 35.5. The molecule has 2 heterocycles. The Bertz CT molecular complexity index is 1030. The molecule has 0 bridgehead atoms. The van der Waals surface area contributed by atoms with Crippen molar-refractivity contribution >= 4 is 17.3 Å². The molecular formula is C19H17ClFN5O. The lowest BCUT2D eigenvalue weighted by atomic mass is 10.00. The molecule has 0 spiro atoms. The van der Waals surface area contributed by atoms with Gasteiger partial charge in [-0.3, -0.25) is 9.56 Å². The highest BCUT2D eigenvalue weighted by Crippen LogP contribution is 2.29. The number of hydrogen-bond donors (Lipinski definition) is 1. The Labute approximate surface area is 160 Å². The van der Waals surface area contributed by atoms with Crippen LogP contribution in [-0.4, -0.2) is 37.3 Å². The summed E-state index contributed by atoms with van der Waals surface area (Å²) in [5, 5.41) is 20.0. The number of hydroxylamine groups is 2. The van der Waals surface area contributed by atoms with Crippen molar-refractivity contribution in [2.24, 2.45) is 4.99 Å². The predicted molar refractivity (Wildman–Crippen MR) is 100.0 cm³/mol. The Morgan fingerprint density at radius 2 is 2.00 bits per heavy atom. The molecule has 8 heteroatoms. The van der Waals surface area contributed by atoms with E-state index in [1.807, 2.05) is 17.6 Å². The van der Waals surface area contributed by atoms with E-state index < -0.39 is 0 Å². The van der Waals surface area contributed by atoms with Crippen LogP contribution in [0.4, 0.5) is 4.39 Å². The van der Waals surface area contributed by atoms with Crippen LogP contribution >= 0.6 is 11.6 Å². The molecule has 0 saturated heterocycles. The molecular weight excluding hydrogens is 369 g/mol. The molecule has 0 radical (unpaired) electrons. The van der Waals surface area contributed by atoms with Gasteiger partial charge >= 0.3 is 0 Å². The molecule has 4 rings (SSSR count). The quantitative estimate of drug-likeness (QED) is 0.696. The first-order chi connectivity index (χ1) is 13.1. The zero-order valence-electron chi connectivity index (χ0n) is 14.6. The average molecular weight is 386 g/mol. The molecule has 0 amide bonds. The summed E-state index contributed by atoms with van der Waals surface area (Å²) in [6.07, 6.45) is 0. The molecule has 0 fully saturated rings. The van der Waals surface area contributed by atoms with Gasteiger partial charge in [0.25, 0.3) is 0 Å². The second-order valence-electron chi connectivity index (χ2n) is 6.15. The van der Waals surface area contributed by atoms with Gasteiger partial charge in [0, 0.05) is 22.7 Å². The van der Waals surface area contributed by atoms with E-state index in [-0.39, 0.29) is 18.9 Å². The first kappa shape index (κ1) is 17.8. The minimum atomic E-state index is -0.354.